The van der Waals surface area contributed by atoms with E-state index in [1.165, 1.54) is 12.8 Å². The fourth-order valence-corrected chi connectivity index (χ4v) is 1.41. The van der Waals surface area contributed by atoms with Crippen LogP contribution in [0, 0.1) is 12.3 Å². The number of anilines is 1. The van der Waals surface area contributed by atoms with Crippen LogP contribution >= 0.6 is 0 Å². The lowest BCUT2D eigenvalue weighted by Gasteiger charge is -2.10. The lowest BCUT2D eigenvalue weighted by atomic mass is 10.1. The quantitative estimate of drug-likeness (QED) is 0.820. The summed E-state index contributed by atoms with van der Waals surface area (Å²) in [6.07, 6.45) is 2.59. The van der Waals surface area contributed by atoms with E-state index in [1.54, 1.807) is 7.11 Å². The van der Waals surface area contributed by atoms with Crippen LogP contribution in [-0.2, 0) is 0 Å². The molecular formula is C11H17N3O. The Bertz CT molecular complexity index is 361. The van der Waals surface area contributed by atoms with E-state index in [0.717, 1.165) is 12.2 Å². The number of aryl methyl sites for hydroxylation is 1. The molecule has 0 radical (unpaired) electrons. The van der Waals surface area contributed by atoms with E-state index in [1.807, 2.05) is 13.0 Å². The Kier molecular flexibility index (Phi) is 2.50. The van der Waals surface area contributed by atoms with Crippen molar-refractivity contribution in [1.82, 2.24) is 9.97 Å². The largest absolute Gasteiger partial charge is 0.481 e. The molecular weight excluding hydrogens is 190 g/mol. The summed E-state index contributed by atoms with van der Waals surface area (Å²) in [6.45, 7) is 5.15. The van der Waals surface area contributed by atoms with Crippen molar-refractivity contribution in [2.45, 2.75) is 26.7 Å². The maximum atomic E-state index is 5.09. The number of methoxy groups -OCH3 is 1. The molecule has 0 unspecified atom stereocenters. The summed E-state index contributed by atoms with van der Waals surface area (Å²) in [5, 5.41) is 3.26. The number of nitrogens with one attached hydrogen (secondary N) is 1. The van der Waals surface area contributed by atoms with Crippen LogP contribution in [0.4, 0.5) is 5.95 Å². The molecule has 1 aromatic heterocycles. The van der Waals surface area contributed by atoms with Crippen molar-refractivity contribution in [2.75, 3.05) is 19.0 Å². The molecule has 15 heavy (non-hydrogen) atoms. The zero-order chi connectivity index (χ0) is 10.9. The summed E-state index contributed by atoms with van der Waals surface area (Å²) in [6, 6.07) is 1.82. The Morgan fingerprint density at radius 2 is 2.20 bits per heavy atom. The van der Waals surface area contributed by atoms with Crippen LogP contribution in [0.15, 0.2) is 6.07 Å². The highest BCUT2D eigenvalue weighted by Crippen LogP contribution is 2.44. The summed E-state index contributed by atoms with van der Waals surface area (Å²) in [5.41, 5.74) is 1.38. The van der Waals surface area contributed by atoms with E-state index in [9.17, 15) is 0 Å². The third kappa shape index (κ3) is 2.58. The second-order valence-corrected chi connectivity index (χ2v) is 4.54. The lowest BCUT2D eigenvalue weighted by Crippen LogP contribution is -2.14. The fraction of sp³-hybridized carbons (Fsp3) is 0.636. The van der Waals surface area contributed by atoms with E-state index in [2.05, 4.69) is 22.2 Å². The summed E-state index contributed by atoms with van der Waals surface area (Å²) in [4.78, 5) is 8.55. The first-order valence-corrected chi connectivity index (χ1v) is 5.25. The highest BCUT2D eigenvalue weighted by molar-refractivity contribution is 5.31. The van der Waals surface area contributed by atoms with Gasteiger partial charge < -0.3 is 10.1 Å². The number of aromatic nitrogens is 2. The van der Waals surface area contributed by atoms with Crippen LogP contribution in [0.3, 0.4) is 0 Å². The molecule has 1 aliphatic rings. The van der Waals surface area contributed by atoms with Gasteiger partial charge in [0.05, 0.1) is 7.11 Å². The average molecular weight is 207 g/mol. The van der Waals surface area contributed by atoms with Gasteiger partial charge in [-0.3, -0.25) is 0 Å². The Morgan fingerprint density at radius 1 is 1.47 bits per heavy atom. The third-order valence-corrected chi connectivity index (χ3v) is 2.82. The molecule has 1 heterocycles. The minimum absolute atomic E-state index is 0.459. The fourth-order valence-electron chi connectivity index (χ4n) is 1.41. The van der Waals surface area contributed by atoms with Crippen molar-refractivity contribution < 1.29 is 4.74 Å². The first-order valence-electron chi connectivity index (χ1n) is 5.25. The Morgan fingerprint density at radius 3 is 2.80 bits per heavy atom. The van der Waals surface area contributed by atoms with Crippen LogP contribution in [0.5, 0.6) is 5.88 Å². The van der Waals surface area contributed by atoms with Gasteiger partial charge in [-0.05, 0) is 25.2 Å². The number of ether oxygens (including phenoxy) is 1. The summed E-state index contributed by atoms with van der Waals surface area (Å²) < 4.78 is 5.09. The molecule has 4 nitrogen and oxygen atoms in total. The Balaban J connectivity index is 2.03. The van der Waals surface area contributed by atoms with Crippen molar-refractivity contribution >= 4 is 5.95 Å². The second kappa shape index (κ2) is 3.68. The van der Waals surface area contributed by atoms with Gasteiger partial charge in [-0.25, -0.2) is 4.98 Å². The first-order chi connectivity index (χ1) is 7.11. The predicted octanol–water partition coefficient (Wildman–Crippen LogP) is 2.01. The van der Waals surface area contributed by atoms with Gasteiger partial charge in [-0.2, -0.15) is 4.98 Å². The number of hydrogen-bond donors (Lipinski definition) is 1. The normalized spacial score (nSPS) is 17.3. The van der Waals surface area contributed by atoms with Crippen molar-refractivity contribution in [3.05, 3.63) is 11.8 Å². The number of hydrogen-bond acceptors (Lipinski definition) is 4. The SMILES string of the molecule is COc1cc(C)nc(NCC2(C)CC2)n1. The van der Waals surface area contributed by atoms with E-state index < -0.39 is 0 Å². The molecule has 1 saturated carbocycles. The smallest absolute Gasteiger partial charge is 0.226 e. The van der Waals surface area contributed by atoms with Gasteiger partial charge in [0, 0.05) is 18.3 Å². The van der Waals surface area contributed by atoms with Crippen molar-refractivity contribution in [3.63, 3.8) is 0 Å². The summed E-state index contributed by atoms with van der Waals surface area (Å²) in [7, 11) is 1.62. The van der Waals surface area contributed by atoms with E-state index in [4.69, 9.17) is 4.74 Å². The molecule has 0 spiro atoms. The minimum atomic E-state index is 0.459. The molecule has 0 saturated heterocycles. The van der Waals surface area contributed by atoms with Crippen LogP contribution < -0.4 is 10.1 Å². The molecule has 1 aromatic rings. The molecule has 0 bridgehead atoms. The molecule has 0 aliphatic heterocycles. The summed E-state index contributed by atoms with van der Waals surface area (Å²) in [5.74, 6) is 1.28. The monoisotopic (exact) mass is 207 g/mol. The van der Waals surface area contributed by atoms with Crippen LogP contribution in [0.25, 0.3) is 0 Å². The standard InChI is InChI=1S/C11H17N3O/c1-8-6-9(15-3)14-10(13-8)12-7-11(2)4-5-11/h6H,4-5,7H2,1-3H3,(H,12,13,14). The molecule has 1 aliphatic carbocycles. The molecule has 1 N–H and O–H groups in total. The zero-order valence-electron chi connectivity index (χ0n) is 9.50. The highest BCUT2D eigenvalue weighted by atomic mass is 16.5. The third-order valence-electron chi connectivity index (χ3n) is 2.82. The van der Waals surface area contributed by atoms with Gasteiger partial charge in [-0.1, -0.05) is 6.92 Å². The number of nitrogens with zero attached hydrogens (tertiary/aromatic N) is 2. The van der Waals surface area contributed by atoms with Crippen LogP contribution in [-0.4, -0.2) is 23.6 Å². The number of rotatable bonds is 4. The van der Waals surface area contributed by atoms with Gasteiger partial charge in [0.1, 0.15) is 0 Å². The maximum Gasteiger partial charge on any atom is 0.226 e. The minimum Gasteiger partial charge on any atom is -0.481 e. The Labute approximate surface area is 90.1 Å². The summed E-state index contributed by atoms with van der Waals surface area (Å²) >= 11 is 0. The predicted molar refractivity (Wildman–Crippen MR) is 59.2 cm³/mol. The van der Waals surface area contributed by atoms with Gasteiger partial charge in [0.2, 0.25) is 11.8 Å². The molecule has 0 aromatic carbocycles. The molecule has 4 heteroatoms. The van der Waals surface area contributed by atoms with Crippen LogP contribution in [0.2, 0.25) is 0 Å². The molecule has 1 fully saturated rings. The van der Waals surface area contributed by atoms with Gasteiger partial charge in [0.25, 0.3) is 0 Å². The first kappa shape index (κ1) is 10.2. The molecule has 0 atom stereocenters. The topological polar surface area (TPSA) is 47.0 Å². The van der Waals surface area contributed by atoms with Crippen molar-refractivity contribution in [1.29, 1.82) is 0 Å². The van der Waals surface area contributed by atoms with Crippen LogP contribution in [0.1, 0.15) is 25.5 Å². The Hall–Kier alpha value is -1.32. The van der Waals surface area contributed by atoms with Crippen molar-refractivity contribution in [3.8, 4) is 5.88 Å². The van der Waals surface area contributed by atoms with E-state index in [0.29, 0.717) is 17.2 Å². The highest BCUT2D eigenvalue weighted by Gasteiger charge is 2.36. The zero-order valence-corrected chi connectivity index (χ0v) is 9.50. The molecule has 2 rings (SSSR count). The molecule has 0 amide bonds. The average Bonchev–Trinajstić information content (AvgIpc) is 2.94. The van der Waals surface area contributed by atoms with Gasteiger partial charge in [0.15, 0.2) is 0 Å². The van der Waals surface area contributed by atoms with E-state index in [-0.39, 0.29) is 0 Å². The van der Waals surface area contributed by atoms with Gasteiger partial charge in [-0.15, -0.1) is 0 Å². The van der Waals surface area contributed by atoms with Gasteiger partial charge >= 0.3 is 0 Å². The molecule has 82 valence electrons. The lowest BCUT2D eigenvalue weighted by molar-refractivity contribution is 0.397. The van der Waals surface area contributed by atoms with E-state index >= 15 is 0 Å². The van der Waals surface area contributed by atoms with Crippen molar-refractivity contribution in [2.24, 2.45) is 5.41 Å². The second-order valence-electron chi connectivity index (χ2n) is 4.54. The maximum absolute atomic E-state index is 5.09.